The molecule has 1 aromatic heterocycles. The molecule has 1 heterocycles. The average molecular weight is 232 g/mol. The van der Waals surface area contributed by atoms with Crippen molar-refractivity contribution in [2.75, 3.05) is 0 Å². The van der Waals surface area contributed by atoms with Gasteiger partial charge in [-0.15, -0.1) is 6.42 Å². The van der Waals surface area contributed by atoms with Crippen LogP contribution in [0.4, 0.5) is 0 Å². The molecule has 18 heavy (non-hydrogen) atoms. The van der Waals surface area contributed by atoms with Crippen molar-refractivity contribution in [2.24, 2.45) is 0 Å². The summed E-state index contributed by atoms with van der Waals surface area (Å²) in [4.78, 5) is 0. The minimum atomic E-state index is 0.805. The van der Waals surface area contributed by atoms with E-state index < -0.39 is 0 Å². The molecule has 0 amide bonds. The number of nitrogens with zero attached hydrogens (tertiary/aromatic N) is 2. The minimum absolute atomic E-state index is 0.805. The molecule has 2 nitrogen and oxygen atoms in total. The summed E-state index contributed by atoms with van der Waals surface area (Å²) >= 11 is 0. The number of para-hydroxylation sites is 1. The predicted molar refractivity (Wildman–Crippen MR) is 73.7 cm³/mol. The number of fused-ring (bicyclic) bond motifs is 1. The molecule has 0 saturated carbocycles. The van der Waals surface area contributed by atoms with Crippen LogP contribution in [-0.2, 0) is 0 Å². The van der Waals surface area contributed by atoms with E-state index in [0.717, 1.165) is 22.3 Å². The van der Waals surface area contributed by atoms with E-state index in [1.54, 1.807) is 0 Å². The summed E-state index contributed by atoms with van der Waals surface area (Å²) in [5, 5.41) is 5.60. The van der Waals surface area contributed by atoms with Crippen molar-refractivity contribution in [2.45, 2.75) is 6.92 Å². The second kappa shape index (κ2) is 4.05. The molecule has 0 spiro atoms. The Balaban J connectivity index is 2.34. The van der Waals surface area contributed by atoms with Crippen LogP contribution in [0.1, 0.15) is 11.3 Å². The first kappa shape index (κ1) is 10.6. The molecule has 0 fully saturated rings. The molecule has 0 saturated heterocycles. The maximum Gasteiger partial charge on any atom is 0.124 e. The van der Waals surface area contributed by atoms with Gasteiger partial charge in [-0.1, -0.05) is 29.8 Å². The largest absolute Gasteiger partial charge is 0.224 e. The van der Waals surface area contributed by atoms with Crippen LogP contribution < -0.4 is 0 Å². The quantitative estimate of drug-likeness (QED) is 0.588. The number of aryl methyl sites for hydroxylation is 1. The van der Waals surface area contributed by atoms with Crippen molar-refractivity contribution in [3.63, 3.8) is 0 Å². The van der Waals surface area contributed by atoms with E-state index in [1.807, 2.05) is 47.1 Å². The Morgan fingerprint density at radius 2 is 1.89 bits per heavy atom. The van der Waals surface area contributed by atoms with E-state index in [2.05, 4.69) is 24.0 Å². The first-order chi connectivity index (χ1) is 8.79. The third-order valence-corrected chi connectivity index (χ3v) is 2.96. The summed E-state index contributed by atoms with van der Waals surface area (Å²) in [5.74, 6) is 2.74. The van der Waals surface area contributed by atoms with E-state index in [1.165, 1.54) is 5.56 Å². The van der Waals surface area contributed by atoms with Crippen LogP contribution in [0, 0.1) is 19.3 Å². The summed E-state index contributed by atoms with van der Waals surface area (Å²) < 4.78 is 1.82. The molecule has 2 aromatic carbocycles. The fourth-order valence-electron chi connectivity index (χ4n) is 2.09. The lowest BCUT2D eigenvalue weighted by atomic mass is 10.1. The van der Waals surface area contributed by atoms with Gasteiger partial charge in [-0.05, 0) is 37.1 Å². The van der Waals surface area contributed by atoms with E-state index in [9.17, 15) is 0 Å². The normalized spacial score (nSPS) is 10.4. The van der Waals surface area contributed by atoms with Crippen molar-refractivity contribution in [3.8, 4) is 18.0 Å². The van der Waals surface area contributed by atoms with E-state index in [0.29, 0.717) is 0 Å². The van der Waals surface area contributed by atoms with Gasteiger partial charge in [-0.25, -0.2) is 4.68 Å². The van der Waals surface area contributed by atoms with Gasteiger partial charge in [0.25, 0.3) is 0 Å². The Kier molecular flexibility index (Phi) is 2.39. The topological polar surface area (TPSA) is 17.8 Å². The second-order valence-electron chi connectivity index (χ2n) is 4.26. The van der Waals surface area contributed by atoms with Crippen LogP contribution in [0.5, 0.6) is 0 Å². The Morgan fingerprint density at radius 1 is 1.11 bits per heavy atom. The third-order valence-electron chi connectivity index (χ3n) is 2.96. The highest BCUT2D eigenvalue weighted by Gasteiger charge is 2.10. The molecule has 0 unspecified atom stereocenters. The van der Waals surface area contributed by atoms with Crippen molar-refractivity contribution >= 4 is 10.9 Å². The summed E-state index contributed by atoms with van der Waals surface area (Å²) in [7, 11) is 0. The Morgan fingerprint density at radius 3 is 2.61 bits per heavy atom. The first-order valence-electron chi connectivity index (χ1n) is 5.81. The van der Waals surface area contributed by atoms with Crippen LogP contribution in [0.2, 0.25) is 0 Å². The lowest BCUT2D eigenvalue weighted by Gasteiger charge is -2.02. The van der Waals surface area contributed by atoms with Crippen LogP contribution in [0.3, 0.4) is 0 Å². The van der Waals surface area contributed by atoms with Gasteiger partial charge < -0.3 is 0 Å². The molecule has 86 valence electrons. The number of hydrogen-bond acceptors (Lipinski definition) is 1. The zero-order chi connectivity index (χ0) is 12.5. The van der Waals surface area contributed by atoms with Gasteiger partial charge >= 0.3 is 0 Å². The van der Waals surface area contributed by atoms with Gasteiger partial charge in [0.15, 0.2) is 0 Å². The molecular weight excluding hydrogens is 220 g/mol. The van der Waals surface area contributed by atoms with Crippen molar-refractivity contribution in [1.29, 1.82) is 0 Å². The minimum Gasteiger partial charge on any atom is -0.224 e. The molecule has 0 atom stereocenters. The Labute approximate surface area is 106 Å². The molecule has 2 heteroatoms. The van der Waals surface area contributed by atoms with Crippen LogP contribution in [0.25, 0.3) is 16.6 Å². The van der Waals surface area contributed by atoms with Crippen LogP contribution in [-0.4, -0.2) is 9.78 Å². The number of terminal acetylenes is 1. The number of rotatable bonds is 1. The average Bonchev–Trinajstić information content (AvgIpc) is 2.77. The van der Waals surface area contributed by atoms with E-state index >= 15 is 0 Å². The van der Waals surface area contributed by atoms with Crippen LogP contribution >= 0.6 is 0 Å². The van der Waals surface area contributed by atoms with Gasteiger partial charge in [-0.3, -0.25) is 0 Å². The molecule has 0 bridgehead atoms. The Bertz CT molecular complexity index is 746. The molecule has 3 rings (SSSR count). The van der Waals surface area contributed by atoms with Crippen molar-refractivity contribution in [1.82, 2.24) is 9.78 Å². The van der Waals surface area contributed by atoms with Gasteiger partial charge in [0.1, 0.15) is 5.69 Å². The summed E-state index contributed by atoms with van der Waals surface area (Å²) in [6, 6.07) is 16.1. The van der Waals surface area contributed by atoms with E-state index in [4.69, 9.17) is 6.42 Å². The standard InChI is InChI=1S/C16H12N2/c1-3-16-14-11-12(2)9-10-15(14)17-18(16)13-7-5-4-6-8-13/h1,4-11H,2H3. The molecule has 0 aliphatic rings. The first-order valence-corrected chi connectivity index (χ1v) is 5.81. The molecule has 0 N–H and O–H groups in total. The highest BCUT2D eigenvalue weighted by atomic mass is 15.3. The highest BCUT2D eigenvalue weighted by molar-refractivity contribution is 5.85. The Hall–Kier alpha value is -2.53. The van der Waals surface area contributed by atoms with Gasteiger partial charge in [0.2, 0.25) is 0 Å². The fourth-order valence-corrected chi connectivity index (χ4v) is 2.09. The summed E-state index contributed by atoms with van der Waals surface area (Å²) in [6.07, 6.45) is 5.64. The summed E-state index contributed by atoms with van der Waals surface area (Å²) in [6.45, 7) is 2.06. The number of aromatic nitrogens is 2. The maximum atomic E-state index is 5.64. The van der Waals surface area contributed by atoms with Crippen molar-refractivity contribution < 1.29 is 0 Å². The number of benzene rings is 2. The SMILES string of the molecule is C#Cc1c2cc(C)ccc2nn1-c1ccccc1. The summed E-state index contributed by atoms with van der Waals surface area (Å²) in [5.41, 5.74) is 3.91. The zero-order valence-electron chi connectivity index (χ0n) is 10.1. The third kappa shape index (κ3) is 1.57. The highest BCUT2D eigenvalue weighted by Crippen LogP contribution is 2.22. The maximum absolute atomic E-state index is 5.64. The monoisotopic (exact) mass is 232 g/mol. The fraction of sp³-hybridized carbons (Fsp3) is 0.0625. The molecule has 0 aliphatic heterocycles. The van der Waals surface area contributed by atoms with Gasteiger partial charge in [-0.2, -0.15) is 5.10 Å². The number of hydrogen-bond donors (Lipinski definition) is 0. The van der Waals surface area contributed by atoms with Gasteiger partial charge in [0, 0.05) is 5.39 Å². The lowest BCUT2D eigenvalue weighted by molar-refractivity contribution is 0.884. The van der Waals surface area contributed by atoms with Gasteiger partial charge in [0.05, 0.1) is 11.2 Å². The molecule has 0 radical (unpaired) electrons. The smallest absolute Gasteiger partial charge is 0.124 e. The molecule has 0 aliphatic carbocycles. The predicted octanol–water partition coefficient (Wildman–Crippen LogP) is 3.32. The second-order valence-corrected chi connectivity index (χ2v) is 4.26. The van der Waals surface area contributed by atoms with Crippen LogP contribution in [0.15, 0.2) is 48.5 Å². The zero-order valence-corrected chi connectivity index (χ0v) is 10.1. The lowest BCUT2D eigenvalue weighted by Crippen LogP contribution is -1.98. The molecule has 3 aromatic rings. The molecular formula is C16H12N2. The van der Waals surface area contributed by atoms with Crippen molar-refractivity contribution in [3.05, 3.63) is 59.8 Å². The van der Waals surface area contributed by atoms with E-state index in [-0.39, 0.29) is 0 Å².